The second-order valence-electron chi connectivity index (χ2n) is 5.62. The number of benzene rings is 2. The third-order valence-electron chi connectivity index (χ3n) is 3.88. The van der Waals surface area contributed by atoms with Gasteiger partial charge in [-0.05, 0) is 40.5 Å². The number of rotatable bonds is 5. The van der Waals surface area contributed by atoms with Crippen molar-refractivity contribution in [3.8, 4) is 11.1 Å². The summed E-state index contributed by atoms with van der Waals surface area (Å²) in [5.41, 5.74) is 12.0. The number of nitrogens with zero attached hydrogens (tertiary/aromatic N) is 1. The van der Waals surface area contributed by atoms with Gasteiger partial charge in [0.2, 0.25) is 0 Å². The van der Waals surface area contributed by atoms with Gasteiger partial charge in [-0.1, -0.05) is 79.4 Å². The lowest BCUT2D eigenvalue weighted by atomic mass is 10.0. The Hall–Kier alpha value is -3.39. The minimum absolute atomic E-state index is 0.620. The van der Waals surface area contributed by atoms with Crippen LogP contribution in [0.1, 0.15) is 11.3 Å². The van der Waals surface area contributed by atoms with E-state index in [4.69, 9.17) is 5.73 Å². The van der Waals surface area contributed by atoms with E-state index in [-0.39, 0.29) is 0 Å². The van der Waals surface area contributed by atoms with Crippen molar-refractivity contribution in [2.24, 2.45) is 5.73 Å². The summed E-state index contributed by atoms with van der Waals surface area (Å²) >= 11 is 0. The zero-order valence-electron chi connectivity index (χ0n) is 14.0. The molecule has 0 unspecified atom stereocenters. The molecule has 0 fully saturated rings. The van der Waals surface area contributed by atoms with Gasteiger partial charge in [-0.3, -0.25) is 4.98 Å². The molecule has 2 heteroatoms. The lowest BCUT2D eigenvalue weighted by molar-refractivity contribution is 1.26. The standard InChI is InChI=1S/C23H20N2/c1-2-9-20(18-10-5-3-6-11-18)16-22(24)23-17-21(14-15-25-23)19-12-7-4-8-13-19/h2-17H,1,24H2/b20-9+,22-16-. The van der Waals surface area contributed by atoms with E-state index in [0.717, 1.165) is 28.0 Å². The van der Waals surface area contributed by atoms with Crippen molar-refractivity contribution < 1.29 is 0 Å². The Morgan fingerprint density at radius 3 is 2.24 bits per heavy atom. The van der Waals surface area contributed by atoms with E-state index in [9.17, 15) is 0 Å². The quantitative estimate of drug-likeness (QED) is 0.645. The molecule has 3 rings (SSSR count). The normalized spacial score (nSPS) is 12.0. The minimum atomic E-state index is 0.620. The third kappa shape index (κ3) is 4.12. The number of hydrogen-bond donors (Lipinski definition) is 1. The van der Waals surface area contributed by atoms with Crippen LogP contribution in [0.15, 0.2) is 104 Å². The minimum Gasteiger partial charge on any atom is -0.397 e. The summed E-state index contributed by atoms with van der Waals surface area (Å²) in [6.45, 7) is 3.80. The Bertz CT molecular complexity index is 907. The molecule has 0 aliphatic rings. The third-order valence-corrected chi connectivity index (χ3v) is 3.88. The molecule has 2 N–H and O–H groups in total. The van der Waals surface area contributed by atoms with E-state index in [2.05, 4.69) is 23.7 Å². The van der Waals surface area contributed by atoms with Gasteiger partial charge in [0.05, 0.1) is 11.4 Å². The van der Waals surface area contributed by atoms with Crippen LogP contribution in [0.4, 0.5) is 0 Å². The highest BCUT2D eigenvalue weighted by Gasteiger charge is 2.04. The summed E-state index contributed by atoms with van der Waals surface area (Å²) in [7, 11) is 0. The smallest absolute Gasteiger partial charge is 0.0865 e. The van der Waals surface area contributed by atoms with Crippen LogP contribution >= 0.6 is 0 Å². The average molecular weight is 324 g/mol. The van der Waals surface area contributed by atoms with Crippen molar-refractivity contribution in [1.29, 1.82) is 0 Å². The van der Waals surface area contributed by atoms with Gasteiger partial charge in [0.15, 0.2) is 0 Å². The molecule has 0 spiro atoms. The Balaban J connectivity index is 1.97. The van der Waals surface area contributed by atoms with Crippen LogP contribution in [0.25, 0.3) is 22.4 Å². The summed E-state index contributed by atoms with van der Waals surface area (Å²) < 4.78 is 0. The van der Waals surface area contributed by atoms with Crippen molar-refractivity contribution in [1.82, 2.24) is 4.98 Å². The molecule has 0 aliphatic carbocycles. The van der Waals surface area contributed by atoms with E-state index >= 15 is 0 Å². The van der Waals surface area contributed by atoms with E-state index in [1.807, 2.05) is 72.8 Å². The molecule has 2 nitrogen and oxygen atoms in total. The van der Waals surface area contributed by atoms with E-state index in [1.54, 1.807) is 12.3 Å². The predicted octanol–water partition coefficient (Wildman–Crippen LogP) is 5.32. The zero-order valence-corrected chi connectivity index (χ0v) is 14.0. The van der Waals surface area contributed by atoms with Crippen molar-refractivity contribution in [3.05, 3.63) is 115 Å². The number of pyridine rings is 1. The van der Waals surface area contributed by atoms with Crippen LogP contribution in [0.3, 0.4) is 0 Å². The number of aromatic nitrogens is 1. The average Bonchev–Trinajstić information content (AvgIpc) is 2.69. The molecule has 0 radical (unpaired) electrons. The van der Waals surface area contributed by atoms with Crippen molar-refractivity contribution >= 4 is 11.3 Å². The van der Waals surface area contributed by atoms with Gasteiger partial charge in [-0.15, -0.1) is 0 Å². The highest BCUT2D eigenvalue weighted by molar-refractivity contribution is 5.83. The lowest BCUT2D eigenvalue weighted by Crippen LogP contribution is -2.00. The Morgan fingerprint density at radius 2 is 1.56 bits per heavy atom. The van der Waals surface area contributed by atoms with Gasteiger partial charge >= 0.3 is 0 Å². The van der Waals surface area contributed by atoms with E-state index in [0.29, 0.717) is 5.70 Å². The van der Waals surface area contributed by atoms with E-state index < -0.39 is 0 Å². The fraction of sp³-hybridized carbons (Fsp3) is 0. The summed E-state index contributed by atoms with van der Waals surface area (Å²) in [4.78, 5) is 4.43. The SMILES string of the molecule is C=C/C=C(\C=C(/N)c1cc(-c2ccccc2)ccn1)c1ccccc1. The summed E-state index contributed by atoms with van der Waals surface area (Å²) in [5, 5.41) is 0. The van der Waals surface area contributed by atoms with Gasteiger partial charge in [0, 0.05) is 6.20 Å². The molecule has 1 heterocycles. The van der Waals surface area contributed by atoms with Crippen LogP contribution in [0.2, 0.25) is 0 Å². The van der Waals surface area contributed by atoms with E-state index in [1.165, 1.54) is 0 Å². The predicted molar refractivity (Wildman–Crippen MR) is 106 cm³/mol. The highest BCUT2D eigenvalue weighted by Crippen LogP contribution is 2.23. The molecular formula is C23H20N2. The molecule has 3 aromatic rings. The molecule has 0 atom stereocenters. The van der Waals surface area contributed by atoms with Gasteiger partial charge < -0.3 is 5.73 Å². The molecule has 25 heavy (non-hydrogen) atoms. The topological polar surface area (TPSA) is 38.9 Å². The first-order valence-electron chi connectivity index (χ1n) is 8.15. The Labute approximate surface area is 148 Å². The molecule has 0 saturated carbocycles. The number of nitrogens with two attached hydrogens (primary N) is 1. The van der Waals surface area contributed by atoms with Crippen LogP contribution in [0.5, 0.6) is 0 Å². The second-order valence-corrected chi connectivity index (χ2v) is 5.62. The first-order chi connectivity index (χ1) is 12.3. The largest absolute Gasteiger partial charge is 0.397 e. The first kappa shape index (κ1) is 16.5. The van der Waals surface area contributed by atoms with Crippen molar-refractivity contribution in [2.45, 2.75) is 0 Å². The van der Waals surface area contributed by atoms with Crippen LogP contribution in [-0.4, -0.2) is 4.98 Å². The Morgan fingerprint density at radius 1 is 0.880 bits per heavy atom. The first-order valence-corrected chi connectivity index (χ1v) is 8.15. The monoisotopic (exact) mass is 324 g/mol. The van der Waals surface area contributed by atoms with Crippen LogP contribution in [0, 0.1) is 0 Å². The van der Waals surface area contributed by atoms with Crippen LogP contribution in [-0.2, 0) is 0 Å². The van der Waals surface area contributed by atoms with Gasteiger partial charge in [-0.2, -0.15) is 0 Å². The number of allylic oxidation sites excluding steroid dienone is 4. The van der Waals surface area contributed by atoms with Gasteiger partial charge in [0.25, 0.3) is 0 Å². The van der Waals surface area contributed by atoms with Gasteiger partial charge in [-0.25, -0.2) is 0 Å². The molecule has 0 aliphatic heterocycles. The van der Waals surface area contributed by atoms with Crippen LogP contribution < -0.4 is 5.73 Å². The maximum absolute atomic E-state index is 6.33. The highest BCUT2D eigenvalue weighted by atomic mass is 14.7. The molecule has 0 amide bonds. The van der Waals surface area contributed by atoms with Crippen molar-refractivity contribution in [3.63, 3.8) is 0 Å². The lowest BCUT2D eigenvalue weighted by Gasteiger charge is -2.07. The molecule has 0 saturated heterocycles. The molecule has 2 aromatic carbocycles. The summed E-state index contributed by atoms with van der Waals surface area (Å²) in [6.07, 6.45) is 7.44. The van der Waals surface area contributed by atoms with Gasteiger partial charge in [0.1, 0.15) is 0 Å². The maximum Gasteiger partial charge on any atom is 0.0865 e. The molecule has 0 bridgehead atoms. The summed E-state index contributed by atoms with van der Waals surface area (Å²) in [6, 6.07) is 24.3. The molecular weight excluding hydrogens is 304 g/mol. The summed E-state index contributed by atoms with van der Waals surface area (Å²) in [5.74, 6) is 0. The van der Waals surface area contributed by atoms with Crippen molar-refractivity contribution in [2.75, 3.05) is 0 Å². The number of hydrogen-bond acceptors (Lipinski definition) is 2. The fourth-order valence-corrected chi connectivity index (χ4v) is 2.63. The second kappa shape index (κ2) is 7.93. The Kier molecular flexibility index (Phi) is 5.22. The molecule has 1 aromatic heterocycles. The molecule has 122 valence electrons. The fourth-order valence-electron chi connectivity index (χ4n) is 2.63. The maximum atomic E-state index is 6.33. The zero-order chi connectivity index (χ0) is 17.5.